The lowest BCUT2D eigenvalue weighted by Gasteiger charge is -2.15. The highest BCUT2D eigenvalue weighted by atomic mass is 32.2. The molecule has 0 aliphatic carbocycles. The molecule has 2 aromatic carbocycles. The van der Waals surface area contributed by atoms with Crippen molar-refractivity contribution in [3.05, 3.63) is 94.7 Å². The minimum atomic E-state index is -0.125. The van der Waals surface area contributed by atoms with Gasteiger partial charge in [-0.05, 0) is 29.8 Å². The number of nitrogens with zero attached hydrogens (tertiary/aromatic N) is 5. The molecule has 5 rings (SSSR count). The van der Waals surface area contributed by atoms with Gasteiger partial charge in [-0.15, -0.1) is 10.2 Å². The quantitative estimate of drug-likeness (QED) is 0.347. The lowest BCUT2D eigenvalue weighted by Crippen LogP contribution is -2.27. The number of aromatic nitrogens is 4. The highest BCUT2D eigenvalue weighted by Gasteiger charge is 2.19. The number of hydrogen-bond acceptors (Lipinski definition) is 6. The molecule has 0 radical (unpaired) electrons. The zero-order valence-corrected chi connectivity index (χ0v) is 18.7. The van der Waals surface area contributed by atoms with Crippen LogP contribution in [0.3, 0.4) is 0 Å². The Morgan fingerprint density at radius 3 is 2.61 bits per heavy atom. The third kappa shape index (κ3) is 4.14. The molecule has 3 aromatic heterocycles. The van der Waals surface area contributed by atoms with Crippen LogP contribution in [-0.4, -0.2) is 42.8 Å². The Morgan fingerprint density at radius 2 is 1.82 bits per heavy atom. The van der Waals surface area contributed by atoms with E-state index in [9.17, 15) is 9.59 Å². The summed E-state index contributed by atoms with van der Waals surface area (Å²) in [7, 11) is 1.74. The average Bonchev–Trinajstić information content (AvgIpc) is 3.51. The van der Waals surface area contributed by atoms with Gasteiger partial charge in [-0.3, -0.25) is 18.6 Å². The number of carbonyl (C=O) groups excluding carboxylic acids is 1. The summed E-state index contributed by atoms with van der Waals surface area (Å²) >= 11 is 1.29. The minimum absolute atomic E-state index is 0.0601. The zero-order valence-electron chi connectivity index (χ0n) is 17.9. The molecule has 1 amide bonds. The van der Waals surface area contributed by atoms with Gasteiger partial charge in [0.1, 0.15) is 5.76 Å². The normalized spacial score (nSPS) is 11.3. The first-order valence-corrected chi connectivity index (χ1v) is 11.4. The fourth-order valence-corrected chi connectivity index (χ4v) is 4.58. The van der Waals surface area contributed by atoms with Crippen LogP contribution in [0.4, 0.5) is 0 Å². The second kappa shape index (κ2) is 8.95. The zero-order chi connectivity index (χ0) is 22.8. The molecule has 0 saturated carbocycles. The van der Waals surface area contributed by atoms with Crippen LogP contribution in [0.25, 0.3) is 16.7 Å². The van der Waals surface area contributed by atoms with E-state index in [1.54, 1.807) is 34.9 Å². The summed E-state index contributed by atoms with van der Waals surface area (Å²) in [4.78, 5) is 27.6. The van der Waals surface area contributed by atoms with Crippen molar-refractivity contribution in [2.45, 2.75) is 18.2 Å². The summed E-state index contributed by atoms with van der Waals surface area (Å²) in [6, 6.07) is 20.8. The van der Waals surface area contributed by atoms with Gasteiger partial charge < -0.3 is 9.32 Å². The molecule has 0 aliphatic rings. The molecule has 5 aromatic rings. The maximum atomic E-state index is 13.3. The Balaban J connectivity index is 1.49. The third-order valence-electron chi connectivity index (χ3n) is 5.39. The highest BCUT2D eigenvalue weighted by molar-refractivity contribution is 7.99. The van der Waals surface area contributed by atoms with Crippen LogP contribution in [0.15, 0.2) is 87.4 Å². The number of rotatable bonds is 7. The number of benzene rings is 2. The summed E-state index contributed by atoms with van der Waals surface area (Å²) in [5.41, 5.74) is 1.58. The fourth-order valence-electron chi connectivity index (χ4n) is 3.70. The predicted octanol–water partition coefficient (Wildman–Crippen LogP) is 3.44. The number of carbonyl (C=O) groups is 1. The molecule has 9 heteroatoms. The van der Waals surface area contributed by atoms with Gasteiger partial charge in [-0.25, -0.2) is 0 Å². The van der Waals surface area contributed by atoms with E-state index in [0.717, 1.165) is 11.3 Å². The van der Waals surface area contributed by atoms with E-state index in [2.05, 4.69) is 10.2 Å². The maximum Gasteiger partial charge on any atom is 0.263 e. The summed E-state index contributed by atoms with van der Waals surface area (Å²) in [5.74, 6) is 1.29. The molecule has 0 atom stereocenters. The molecule has 0 unspecified atom stereocenters. The standard InChI is InChI=1S/C24H21N5O3S/c1-27(15-18-10-7-13-32-18)21(30)16-33-24-26-25-23-28(14-17-8-3-2-4-9-17)22(31)19-11-5-6-12-20(19)29(23)24/h2-13H,14-16H2,1H3. The van der Waals surface area contributed by atoms with Gasteiger partial charge >= 0.3 is 0 Å². The minimum Gasteiger partial charge on any atom is -0.467 e. The number of hydrogen-bond donors (Lipinski definition) is 0. The van der Waals surface area contributed by atoms with Crippen LogP contribution in [0.5, 0.6) is 0 Å². The van der Waals surface area contributed by atoms with Crippen molar-refractivity contribution in [1.82, 2.24) is 24.1 Å². The van der Waals surface area contributed by atoms with Crippen LogP contribution in [-0.2, 0) is 17.9 Å². The predicted molar refractivity (Wildman–Crippen MR) is 126 cm³/mol. The SMILES string of the molecule is CN(Cc1ccco1)C(=O)CSc1nnc2n(Cc3ccccc3)c(=O)c3ccccc3n12. The van der Waals surface area contributed by atoms with Crippen molar-refractivity contribution >= 4 is 34.3 Å². The van der Waals surface area contributed by atoms with Gasteiger partial charge in [0.2, 0.25) is 11.7 Å². The largest absolute Gasteiger partial charge is 0.467 e. The van der Waals surface area contributed by atoms with E-state index in [1.807, 2.05) is 59.0 Å². The van der Waals surface area contributed by atoms with Crippen molar-refractivity contribution in [1.29, 1.82) is 0 Å². The first kappa shape index (κ1) is 21.0. The van der Waals surface area contributed by atoms with E-state index in [4.69, 9.17) is 4.42 Å². The second-order valence-electron chi connectivity index (χ2n) is 7.63. The van der Waals surface area contributed by atoms with Crippen molar-refractivity contribution in [2.24, 2.45) is 0 Å². The highest BCUT2D eigenvalue weighted by Crippen LogP contribution is 2.22. The van der Waals surface area contributed by atoms with Gasteiger partial charge in [0.25, 0.3) is 5.56 Å². The molecule has 3 heterocycles. The van der Waals surface area contributed by atoms with Crippen LogP contribution in [0.2, 0.25) is 0 Å². The number of para-hydroxylation sites is 1. The molecule has 0 fully saturated rings. The van der Waals surface area contributed by atoms with Gasteiger partial charge in [0, 0.05) is 7.05 Å². The van der Waals surface area contributed by atoms with Crippen molar-refractivity contribution in [2.75, 3.05) is 12.8 Å². The fraction of sp³-hybridized carbons (Fsp3) is 0.167. The first-order chi connectivity index (χ1) is 16.1. The molecule has 0 spiro atoms. The molecule has 166 valence electrons. The molecular weight excluding hydrogens is 438 g/mol. The summed E-state index contributed by atoms with van der Waals surface area (Å²) in [6.45, 7) is 0.772. The van der Waals surface area contributed by atoms with Crippen molar-refractivity contribution < 1.29 is 9.21 Å². The van der Waals surface area contributed by atoms with Gasteiger partial charge in [0.05, 0.1) is 36.0 Å². The smallest absolute Gasteiger partial charge is 0.263 e. The molecule has 0 N–H and O–H groups in total. The Bertz CT molecular complexity index is 1480. The van der Waals surface area contributed by atoms with Gasteiger partial charge in [-0.2, -0.15) is 0 Å². The van der Waals surface area contributed by atoms with E-state index >= 15 is 0 Å². The Morgan fingerprint density at radius 1 is 1.03 bits per heavy atom. The van der Waals surface area contributed by atoms with E-state index < -0.39 is 0 Å². The maximum absolute atomic E-state index is 13.3. The molecule has 0 aliphatic heterocycles. The number of furan rings is 1. The lowest BCUT2D eigenvalue weighted by atomic mass is 10.2. The first-order valence-electron chi connectivity index (χ1n) is 10.4. The molecular formula is C24H21N5O3S. The molecule has 8 nitrogen and oxygen atoms in total. The molecule has 0 bridgehead atoms. The topological polar surface area (TPSA) is 85.6 Å². The van der Waals surface area contributed by atoms with Crippen molar-refractivity contribution in [3.8, 4) is 0 Å². The van der Waals surface area contributed by atoms with Crippen molar-refractivity contribution in [3.63, 3.8) is 0 Å². The Kier molecular flexibility index (Phi) is 5.70. The Hall–Kier alpha value is -3.85. The van der Waals surface area contributed by atoms with Gasteiger partial charge in [0.15, 0.2) is 5.16 Å². The van der Waals surface area contributed by atoms with Crippen LogP contribution < -0.4 is 5.56 Å². The second-order valence-corrected chi connectivity index (χ2v) is 8.57. The summed E-state index contributed by atoms with van der Waals surface area (Å²) in [5, 5.41) is 9.78. The summed E-state index contributed by atoms with van der Waals surface area (Å²) in [6.07, 6.45) is 1.59. The van der Waals surface area contributed by atoms with Gasteiger partial charge in [-0.1, -0.05) is 54.2 Å². The van der Waals surface area contributed by atoms with Crippen LogP contribution in [0.1, 0.15) is 11.3 Å². The van der Waals surface area contributed by atoms with Crippen LogP contribution >= 0.6 is 11.8 Å². The number of amides is 1. The number of fused-ring (bicyclic) bond motifs is 3. The van der Waals surface area contributed by atoms with Crippen LogP contribution in [0, 0.1) is 0 Å². The monoisotopic (exact) mass is 459 g/mol. The Labute approximate surface area is 193 Å². The van der Waals surface area contributed by atoms with E-state index in [1.165, 1.54) is 11.8 Å². The molecule has 0 saturated heterocycles. The summed E-state index contributed by atoms with van der Waals surface area (Å²) < 4.78 is 8.80. The third-order valence-corrected chi connectivity index (χ3v) is 6.30. The average molecular weight is 460 g/mol. The van der Waals surface area contributed by atoms with E-state index in [0.29, 0.717) is 34.9 Å². The number of thioether (sulfide) groups is 1. The van der Waals surface area contributed by atoms with E-state index in [-0.39, 0.29) is 17.2 Å². The molecule has 33 heavy (non-hydrogen) atoms. The lowest BCUT2D eigenvalue weighted by molar-refractivity contribution is -0.127.